The second kappa shape index (κ2) is 5.13. The molecular formula is C14H12N2O4S2. The molecule has 3 aliphatic heterocycles. The fraction of sp³-hybridized carbons (Fsp3) is 0.357. The van der Waals surface area contributed by atoms with Crippen LogP contribution < -0.4 is 5.32 Å². The van der Waals surface area contributed by atoms with Gasteiger partial charge in [0.15, 0.2) is 0 Å². The summed E-state index contributed by atoms with van der Waals surface area (Å²) in [6.45, 7) is 0.271. The molecule has 114 valence electrons. The number of thiophene rings is 1. The summed E-state index contributed by atoms with van der Waals surface area (Å²) >= 11 is 3.07. The molecule has 8 heteroatoms. The molecule has 1 saturated heterocycles. The van der Waals surface area contributed by atoms with E-state index in [1.54, 1.807) is 11.8 Å². The average molecular weight is 336 g/mol. The van der Waals surface area contributed by atoms with Crippen LogP contribution in [0.5, 0.6) is 0 Å². The van der Waals surface area contributed by atoms with Crippen LogP contribution in [0, 0.1) is 0 Å². The van der Waals surface area contributed by atoms with Gasteiger partial charge < -0.3 is 10.1 Å². The number of carbonyl (C=O) groups excluding carboxylic acids is 3. The minimum atomic E-state index is -0.556. The van der Waals surface area contributed by atoms with Crippen molar-refractivity contribution in [1.29, 1.82) is 0 Å². The third kappa shape index (κ3) is 2.05. The maximum atomic E-state index is 12.3. The van der Waals surface area contributed by atoms with Crippen molar-refractivity contribution in [2.75, 3.05) is 12.4 Å². The van der Waals surface area contributed by atoms with Crippen molar-refractivity contribution in [3.8, 4) is 0 Å². The highest BCUT2D eigenvalue weighted by atomic mass is 32.2. The number of hydrogen-bond acceptors (Lipinski definition) is 6. The van der Waals surface area contributed by atoms with Crippen molar-refractivity contribution in [1.82, 2.24) is 10.2 Å². The summed E-state index contributed by atoms with van der Waals surface area (Å²) in [4.78, 5) is 38.5. The Morgan fingerprint density at radius 2 is 2.32 bits per heavy atom. The molecular weight excluding hydrogens is 324 g/mol. The molecule has 1 aromatic heterocycles. The van der Waals surface area contributed by atoms with Gasteiger partial charge in [-0.15, -0.1) is 23.1 Å². The summed E-state index contributed by atoms with van der Waals surface area (Å²) in [5.74, 6) is -0.179. The molecule has 0 spiro atoms. The molecule has 6 nitrogen and oxygen atoms in total. The number of amides is 2. The molecule has 2 atom stereocenters. The molecule has 3 aliphatic rings. The number of nitrogens with one attached hydrogen (secondary N) is 1. The highest BCUT2D eigenvalue weighted by Crippen LogP contribution is 2.42. The zero-order valence-corrected chi connectivity index (χ0v) is 13.0. The standard InChI is InChI=1S/C14H12N2O4S2/c17-9(4-8-2-1-3-21-8)15-10-12(18)16-11-7(5-20-14(11)19)6-22-13(10)16/h1-3,10,13H,4-6H2,(H,15,17)/t10?,13-/m1/s1. The van der Waals surface area contributed by atoms with E-state index in [9.17, 15) is 14.4 Å². The third-order valence-electron chi connectivity index (χ3n) is 3.85. The Bertz CT molecular complexity index is 698. The van der Waals surface area contributed by atoms with Gasteiger partial charge in [-0.1, -0.05) is 6.07 Å². The first kappa shape index (κ1) is 13.8. The minimum absolute atomic E-state index is 0.171. The summed E-state index contributed by atoms with van der Waals surface area (Å²) < 4.78 is 4.98. The number of rotatable bonds is 3. The number of β-lactam (4-membered cyclic amide) rings is 1. The van der Waals surface area contributed by atoms with E-state index >= 15 is 0 Å². The van der Waals surface area contributed by atoms with E-state index in [-0.39, 0.29) is 30.2 Å². The maximum Gasteiger partial charge on any atom is 0.355 e. The predicted molar refractivity (Wildman–Crippen MR) is 81.0 cm³/mol. The van der Waals surface area contributed by atoms with Gasteiger partial charge in [-0.2, -0.15) is 0 Å². The summed E-state index contributed by atoms with van der Waals surface area (Å²) in [7, 11) is 0. The molecule has 0 radical (unpaired) electrons. The Balaban J connectivity index is 1.45. The van der Waals surface area contributed by atoms with E-state index in [1.807, 2.05) is 17.5 Å². The van der Waals surface area contributed by atoms with Crippen LogP contribution in [0.2, 0.25) is 0 Å². The van der Waals surface area contributed by atoms with E-state index in [0.29, 0.717) is 11.4 Å². The number of hydrogen-bond donors (Lipinski definition) is 1. The van der Waals surface area contributed by atoms with Crippen molar-refractivity contribution in [3.05, 3.63) is 33.7 Å². The van der Waals surface area contributed by atoms with E-state index in [0.717, 1.165) is 10.5 Å². The molecule has 0 aliphatic carbocycles. The van der Waals surface area contributed by atoms with Crippen molar-refractivity contribution in [2.24, 2.45) is 0 Å². The molecule has 4 heterocycles. The van der Waals surface area contributed by atoms with Crippen LogP contribution in [0.15, 0.2) is 28.8 Å². The highest BCUT2D eigenvalue weighted by Gasteiger charge is 2.55. The van der Waals surface area contributed by atoms with E-state index in [1.165, 1.54) is 16.2 Å². The van der Waals surface area contributed by atoms with Gasteiger partial charge in [-0.25, -0.2) is 4.79 Å². The molecule has 1 aromatic rings. The van der Waals surface area contributed by atoms with Gasteiger partial charge >= 0.3 is 5.97 Å². The van der Waals surface area contributed by atoms with E-state index in [2.05, 4.69) is 5.32 Å². The predicted octanol–water partition coefficient (Wildman–Crippen LogP) is 0.501. The summed E-state index contributed by atoms with van der Waals surface area (Å²) in [5.41, 5.74) is 1.25. The molecule has 0 aromatic carbocycles. The van der Waals surface area contributed by atoms with Gasteiger partial charge in [0.2, 0.25) is 5.91 Å². The molecule has 1 unspecified atom stereocenters. The van der Waals surface area contributed by atoms with Crippen LogP contribution in [-0.2, 0) is 25.5 Å². The fourth-order valence-electron chi connectivity index (χ4n) is 2.80. The molecule has 4 rings (SSSR count). The zero-order chi connectivity index (χ0) is 15.3. The van der Waals surface area contributed by atoms with Gasteiger partial charge in [0.1, 0.15) is 23.7 Å². The van der Waals surface area contributed by atoms with Crippen molar-refractivity contribution < 1.29 is 19.1 Å². The minimum Gasteiger partial charge on any atom is -0.456 e. The first-order chi connectivity index (χ1) is 10.6. The second-order valence-corrected chi connectivity index (χ2v) is 7.38. The van der Waals surface area contributed by atoms with Crippen LogP contribution in [-0.4, -0.2) is 46.5 Å². The van der Waals surface area contributed by atoms with Gasteiger partial charge in [-0.05, 0) is 11.4 Å². The largest absolute Gasteiger partial charge is 0.456 e. The number of esters is 1. The lowest BCUT2D eigenvalue weighted by Gasteiger charge is -2.48. The summed E-state index contributed by atoms with van der Waals surface area (Å²) in [6, 6.07) is 3.22. The van der Waals surface area contributed by atoms with Gasteiger partial charge in [0.25, 0.3) is 5.91 Å². The first-order valence-corrected chi connectivity index (χ1v) is 8.73. The number of thioether (sulfide) groups is 1. The lowest BCUT2D eigenvalue weighted by atomic mass is 10.0. The maximum absolute atomic E-state index is 12.3. The Hall–Kier alpha value is -1.80. The Morgan fingerprint density at radius 1 is 1.45 bits per heavy atom. The number of fused-ring (bicyclic) bond motifs is 2. The Labute approximate surface area is 134 Å². The van der Waals surface area contributed by atoms with Crippen LogP contribution in [0.1, 0.15) is 4.88 Å². The molecule has 2 amide bonds. The van der Waals surface area contributed by atoms with Crippen molar-refractivity contribution >= 4 is 40.9 Å². The first-order valence-electron chi connectivity index (χ1n) is 6.81. The van der Waals surface area contributed by atoms with Crippen LogP contribution in [0.3, 0.4) is 0 Å². The number of carbonyl (C=O) groups is 3. The smallest absolute Gasteiger partial charge is 0.355 e. The van der Waals surface area contributed by atoms with E-state index < -0.39 is 12.0 Å². The molecule has 1 N–H and O–H groups in total. The summed E-state index contributed by atoms with van der Waals surface area (Å²) in [6.07, 6.45) is 0.273. The zero-order valence-electron chi connectivity index (χ0n) is 11.4. The van der Waals surface area contributed by atoms with E-state index in [4.69, 9.17) is 4.74 Å². The highest BCUT2D eigenvalue weighted by molar-refractivity contribution is 8.00. The molecule has 22 heavy (non-hydrogen) atoms. The van der Waals surface area contributed by atoms with Gasteiger partial charge in [0.05, 0.1) is 6.42 Å². The number of ether oxygens (including phenoxy) is 1. The topological polar surface area (TPSA) is 75.7 Å². The normalized spacial score (nSPS) is 26.3. The van der Waals surface area contributed by atoms with Crippen LogP contribution in [0.25, 0.3) is 0 Å². The lowest BCUT2D eigenvalue weighted by molar-refractivity contribution is -0.150. The average Bonchev–Trinajstić information content (AvgIpc) is 3.14. The van der Waals surface area contributed by atoms with Gasteiger partial charge in [0, 0.05) is 16.2 Å². The SMILES string of the molecule is O=C(Cc1cccs1)NC1C(=O)N2C3=C(COC3=O)CS[C@H]12. The van der Waals surface area contributed by atoms with Crippen LogP contribution >= 0.6 is 23.1 Å². The number of cyclic esters (lactones) is 1. The van der Waals surface area contributed by atoms with Crippen molar-refractivity contribution in [3.63, 3.8) is 0 Å². The fourth-order valence-corrected chi connectivity index (χ4v) is 4.83. The monoisotopic (exact) mass is 336 g/mol. The molecule has 0 bridgehead atoms. The quantitative estimate of drug-likeness (QED) is 0.643. The van der Waals surface area contributed by atoms with Crippen molar-refractivity contribution in [2.45, 2.75) is 17.8 Å². The Morgan fingerprint density at radius 3 is 3.09 bits per heavy atom. The second-order valence-electron chi connectivity index (χ2n) is 5.24. The van der Waals surface area contributed by atoms with Gasteiger partial charge in [-0.3, -0.25) is 14.5 Å². The number of nitrogens with zero attached hydrogens (tertiary/aromatic N) is 1. The Kier molecular flexibility index (Phi) is 3.23. The van der Waals surface area contributed by atoms with Crippen LogP contribution in [0.4, 0.5) is 0 Å². The molecule has 0 saturated carbocycles. The summed E-state index contributed by atoms with van der Waals surface area (Å²) in [5, 5.41) is 4.49. The third-order valence-corrected chi connectivity index (χ3v) is 6.07. The molecule has 1 fully saturated rings. The lowest BCUT2D eigenvalue weighted by Crippen LogP contribution is -2.70.